The molecule has 1 aromatic carbocycles. The Morgan fingerprint density at radius 2 is 2.15 bits per heavy atom. The summed E-state index contributed by atoms with van der Waals surface area (Å²) in [5.74, 6) is -1.05. The van der Waals surface area contributed by atoms with E-state index in [-0.39, 0.29) is 23.2 Å². The summed E-state index contributed by atoms with van der Waals surface area (Å²) in [6, 6.07) is 10.5. The summed E-state index contributed by atoms with van der Waals surface area (Å²) in [7, 11) is 0. The quantitative estimate of drug-likeness (QED) is 0.553. The number of carbonyl (C=O) groups is 1. The van der Waals surface area contributed by atoms with Crippen molar-refractivity contribution in [2.75, 3.05) is 23.7 Å². The lowest BCUT2D eigenvalue weighted by Crippen LogP contribution is -2.24. The van der Waals surface area contributed by atoms with Crippen LogP contribution in [0.15, 0.2) is 42.6 Å². The molecule has 2 aromatic heterocycles. The Hall–Kier alpha value is -3.26. The predicted molar refractivity (Wildman–Crippen MR) is 103 cm³/mol. The molecular weight excluding hydrogens is 347 g/mol. The number of aromatic nitrogens is 2. The van der Waals surface area contributed by atoms with Gasteiger partial charge in [0.15, 0.2) is 11.6 Å². The molecule has 0 aliphatic carbocycles. The number of hydrogen-bond donors (Lipinski definition) is 4. The summed E-state index contributed by atoms with van der Waals surface area (Å²) in [5.41, 5.74) is 6.96. The summed E-state index contributed by atoms with van der Waals surface area (Å²) in [6.45, 7) is 1.61. The molecule has 3 aromatic rings. The fourth-order valence-electron chi connectivity index (χ4n) is 3.13. The Bertz CT molecular complexity index is 1000. The lowest BCUT2D eigenvalue weighted by Gasteiger charge is -2.16. The first-order chi connectivity index (χ1) is 13.1. The Labute approximate surface area is 155 Å². The highest BCUT2D eigenvalue weighted by atomic mass is 19.1. The molecule has 1 atom stereocenters. The van der Waals surface area contributed by atoms with E-state index in [0.29, 0.717) is 5.69 Å². The normalized spacial score (nSPS) is 16.4. The predicted octanol–water partition coefficient (Wildman–Crippen LogP) is 2.39. The standard InChI is InChI=1S/C19H19FN6O/c20-15-9-14(17(21)27)18(26-19(15)25-13-5-7-22-10-13)24-12-3-4-16-11(8-12)2-1-6-23-16/h1-4,6,8-9,13,22H,5,7,10H2,(H2,21,27)(H2,24,25,26)/t13-/m0/s1. The highest BCUT2D eigenvalue weighted by Gasteiger charge is 2.20. The van der Waals surface area contributed by atoms with Crippen molar-refractivity contribution in [2.45, 2.75) is 12.5 Å². The molecule has 1 saturated heterocycles. The Morgan fingerprint density at radius 1 is 1.26 bits per heavy atom. The Morgan fingerprint density at radius 3 is 2.93 bits per heavy atom. The second-order valence-corrected chi connectivity index (χ2v) is 6.45. The largest absolute Gasteiger partial charge is 0.365 e. The molecule has 0 bridgehead atoms. The molecule has 138 valence electrons. The maximum Gasteiger partial charge on any atom is 0.252 e. The molecule has 1 fully saturated rings. The van der Waals surface area contributed by atoms with Crippen molar-refractivity contribution >= 4 is 34.1 Å². The van der Waals surface area contributed by atoms with Crippen molar-refractivity contribution in [1.82, 2.24) is 15.3 Å². The fraction of sp³-hybridized carbons (Fsp3) is 0.211. The van der Waals surface area contributed by atoms with Crippen molar-refractivity contribution in [2.24, 2.45) is 5.73 Å². The number of nitrogens with two attached hydrogens (primary N) is 1. The van der Waals surface area contributed by atoms with Crippen LogP contribution in [-0.2, 0) is 0 Å². The van der Waals surface area contributed by atoms with Crippen LogP contribution in [0.5, 0.6) is 0 Å². The van der Waals surface area contributed by atoms with Gasteiger partial charge in [-0.25, -0.2) is 9.37 Å². The van der Waals surface area contributed by atoms with Gasteiger partial charge in [0.2, 0.25) is 0 Å². The van der Waals surface area contributed by atoms with Gasteiger partial charge < -0.3 is 21.7 Å². The van der Waals surface area contributed by atoms with Gasteiger partial charge >= 0.3 is 0 Å². The van der Waals surface area contributed by atoms with Crippen LogP contribution in [0.1, 0.15) is 16.8 Å². The van der Waals surface area contributed by atoms with Gasteiger partial charge in [0.05, 0.1) is 11.1 Å². The van der Waals surface area contributed by atoms with Gasteiger partial charge in [-0.05, 0) is 43.3 Å². The topological polar surface area (TPSA) is 105 Å². The van der Waals surface area contributed by atoms with Crippen molar-refractivity contribution in [3.63, 3.8) is 0 Å². The number of nitrogens with one attached hydrogen (secondary N) is 3. The number of fused-ring (bicyclic) bond motifs is 1. The molecule has 8 heteroatoms. The van der Waals surface area contributed by atoms with Crippen LogP contribution < -0.4 is 21.7 Å². The highest BCUT2D eigenvalue weighted by Crippen LogP contribution is 2.26. The van der Waals surface area contributed by atoms with Gasteiger partial charge in [-0.2, -0.15) is 0 Å². The summed E-state index contributed by atoms with van der Waals surface area (Å²) in [5, 5.41) is 10.3. The van der Waals surface area contributed by atoms with Crippen molar-refractivity contribution < 1.29 is 9.18 Å². The van der Waals surface area contributed by atoms with Crippen molar-refractivity contribution in [1.29, 1.82) is 0 Å². The number of hydrogen-bond acceptors (Lipinski definition) is 6. The number of nitrogens with zero attached hydrogens (tertiary/aromatic N) is 2. The van der Waals surface area contributed by atoms with Crippen LogP contribution in [0, 0.1) is 5.82 Å². The number of rotatable bonds is 5. The third kappa shape index (κ3) is 3.65. The van der Waals surface area contributed by atoms with Crippen LogP contribution in [0.2, 0.25) is 0 Å². The molecule has 0 saturated carbocycles. The SMILES string of the molecule is NC(=O)c1cc(F)c(N[C@H]2CCNC2)nc1Nc1ccc2ncccc2c1. The van der Waals surface area contributed by atoms with E-state index in [1.54, 1.807) is 6.20 Å². The van der Waals surface area contributed by atoms with E-state index in [9.17, 15) is 9.18 Å². The van der Waals surface area contributed by atoms with E-state index in [0.717, 1.165) is 36.5 Å². The van der Waals surface area contributed by atoms with Gasteiger partial charge in [0.25, 0.3) is 5.91 Å². The van der Waals surface area contributed by atoms with Gasteiger partial charge in [-0.1, -0.05) is 6.07 Å². The maximum atomic E-state index is 14.4. The third-order valence-corrected chi connectivity index (χ3v) is 4.51. The maximum absolute atomic E-state index is 14.4. The average molecular weight is 366 g/mol. The first kappa shape index (κ1) is 17.2. The molecule has 0 radical (unpaired) electrons. The van der Waals surface area contributed by atoms with Crippen LogP contribution in [0.25, 0.3) is 10.9 Å². The second kappa shape index (κ2) is 7.16. The summed E-state index contributed by atoms with van der Waals surface area (Å²) in [6.07, 6.45) is 2.59. The number of halogens is 1. The number of primary amides is 1. The van der Waals surface area contributed by atoms with Crippen LogP contribution >= 0.6 is 0 Å². The number of anilines is 3. The third-order valence-electron chi connectivity index (χ3n) is 4.51. The molecule has 4 rings (SSSR count). The molecule has 0 spiro atoms. The highest BCUT2D eigenvalue weighted by molar-refractivity contribution is 5.99. The van der Waals surface area contributed by atoms with Gasteiger partial charge in [0, 0.05) is 29.9 Å². The summed E-state index contributed by atoms with van der Waals surface area (Å²) >= 11 is 0. The minimum atomic E-state index is -0.750. The summed E-state index contributed by atoms with van der Waals surface area (Å²) in [4.78, 5) is 20.3. The zero-order valence-corrected chi connectivity index (χ0v) is 14.5. The zero-order valence-electron chi connectivity index (χ0n) is 14.5. The number of amides is 1. The van der Waals surface area contributed by atoms with Gasteiger partial charge in [-0.3, -0.25) is 9.78 Å². The molecule has 3 heterocycles. The van der Waals surface area contributed by atoms with Crippen molar-refractivity contribution in [3.8, 4) is 0 Å². The Balaban J connectivity index is 1.68. The molecule has 1 aliphatic heterocycles. The number of carbonyl (C=O) groups excluding carboxylic acids is 1. The van der Waals surface area contributed by atoms with E-state index in [1.807, 2.05) is 30.3 Å². The van der Waals surface area contributed by atoms with E-state index >= 15 is 0 Å². The minimum absolute atomic E-state index is 0.00567. The van der Waals surface area contributed by atoms with E-state index < -0.39 is 11.7 Å². The molecular formula is C19H19FN6O. The first-order valence-electron chi connectivity index (χ1n) is 8.69. The number of pyridine rings is 2. The molecule has 7 nitrogen and oxygen atoms in total. The van der Waals surface area contributed by atoms with Crippen LogP contribution in [-0.4, -0.2) is 35.0 Å². The lowest BCUT2D eigenvalue weighted by atomic mass is 10.2. The van der Waals surface area contributed by atoms with Crippen LogP contribution in [0.3, 0.4) is 0 Å². The molecule has 5 N–H and O–H groups in total. The van der Waals surface area contributed by atoms with Gasteiger partial charge in [-0.15, -0.1) is 0 Å². The number of benzene rings is 1. The minimum Gasteiger partial charge on any atom is -0.365 e. The molecule has 0 unspecified atom stereocenters. The first-order valence-corrected chi connectivity index (χ1v) is 8.69. The van der Waals surface area contributed by atoms with Crippen LogP contribution in [0.4, 0.5) is 21.7 Å². The molecule has 1 aliphatic rings. The van der Waals surface area contributed by atoms with E-state index in [4.69, 9.17) is 5.73 Å². The average Bonchev–Trinajstić information content (AvgIpc) is 3.17. The summed E-state index contributed by atoms with van der Waals surface area (Å²) < 4.78 is 14.4. The van der Waals surface area contributed by atoms with E-state index in [2.05, 4.69) is 25.9 Å². The zero-order chi connectivity index (χ0) is 18.8. The lowest BCUT2D eigenvalue weighted by molar-refractivity contribution is 0.100. The smallest absolute Gasteiger partial charge is 0.252 e. The molecule has 1 amide bonds. The molecule has 27 heavy (non-hydrogen) atoms. The Kier molecular flexibility index (Phi) is 4.55. The van der Waals surface area contributed by atoms with Crippen molar-refractivity contribution in [3.05, 3.63) is 54.0 Å². The monoisotopic (exact) mass is 366 g/mol. The van der Waals surface area contributed by atoms with E-state index in [1.165, 1.54) is 0 Å². The second-order valence-electron chi connectivity index (χ2n) is 6.45. The van der Waals surface area contributed by atoms with Gasteiger partial charge in [0.1, 0.15) is 5.82 Å². The fourth-order valence-corrected chi connectivity index (χ4v) is 3.13.